The Morgan fingerprint density at radius 2 is 1.50 bits per heavy atom. The largest absolute Gasteiger partial charge is 0.481 e. The van der Waals surface area contributed by atoms with Crippen LogP contribution in [0.25, 0.3) is 0 Å². The van der Waals surface area contributed by atoms with Crippen LogP contribution in [-0.4, -0.2) is 68.1 Å². The Hall–Kier alpha value is -1.95. The van der Waals surface area contributed by atoms with Gasteiger partial charge in [-0.25, -0.2) is 4.79 Å². The summed E-state index contributed by atoms with van der Waals surface area (Å²) in [5.41, 5.74) is 0. The smallest absolute Gasteiger partial charge is 0.326 e. The number of carboxylic acids is 3. The van der Waals surface area contributed by atoms with Gasteiger partial charge in [0.1, 0.15) is 12.1 Å². The average molecular weight is 465 g/mol. The minimum absolute atomic E-state index is 0.183. The van der Waals surface area contributed by atoms with Crippen LogP contribution in [-0.2, 0) is 24.0 Å². The van der Waals surface area contributed by atoms with Crippen molar-refractivity contribution in [2.45, 2.75) is 75.1 Å². The monoisotopic (exact) mass is 464 g/mol. The molecule has 1 saturated heterocycles. The SMILES string of the molecule is O=C(O)CC[C@H](NC(=O)[C@H](CCC(=O)O)NC(=O)CCCC[C@@H]1CCSS1)C(=O)O. The molecule has 0 aromatic carbocycles. The number of carbonyl (C=O) groups excluding carboxylic acids is 2. The van der Waals surface area contributed by atoms with Crippen molar-refractivity contribution in [2.75, 3.05) is 5.75 Å². The summed E-state index contributed by atoms with van der Waals surface area (Å²) in [6.07, 6.45) is 2.49. The summed E-state index contributed by atoms with van der Waals surface area (Å²) >= 11 is 0. The molecule has 2 amide bonds. The van der Waals surface area contributed by atoms with Gasteiger partial charge in [0.15, 0.2) is 0 Å². The van der Waals surface area contributed by atoms with Crippen LogP contribution in [0.4, 0.5) is 0 Å². The molecule has 0 saturated carbocycles. The number of carbonyl (C=O) groups is 5. The molecule has 5 N–H and O–H groups in total. The van der Waals surface area contributed by atoms with E-state index in [4.69, 9.17) is 15.3 Å². The first kappa shape index (κ1) is 26.1. The quantitative estimate of drug-likeness (QED) is 0.177. The zero-order chi connectivity index (χ0) is 22.5. The minimum atomic E-state index is -1.44. The van der Waals surface area contributed by atoms with E-state index in [0.29, 0.717) is 11.7 Å². The van der Waals surface area contributed by atoms with E-state index in [2.05, 4.69) is 10.6 Å². The minimum Gasteiger partial charge on any atom is -0.481 e. The van der Waals surface area contributed by atoms with E-state index in [1.54, 1.807) is 0 Å². The lowest BCUT2D eigenvalue weighted by molar-refractivity contribution is -0.144. The summed E-state index contributed by atoms with van der Waals surface area (Å²) in [6.45, 7) is 0. The summed E-state index contributed by atoms with van der Waals surface area (Å²) in [6, 6.07) is -2.65. The van der Waals surface area contributed by atoms with Gasteiger partial charge in [-0.3, -0.25) is 19.2 Å². The molecule has 12 heteroatoms. The van der Waals surface area contributed by atoms with Crippen molar-refractivity contribution in [3.63, 3.8) is 0 Å². The Morgan fingerprint density at radius 3 is 2.03 bits per heavy atom. The molecule has 1 aliphatic heterocycles. The lowest BCUT2D eigenvalue weighted by Gasteiger charge is -2.21. The highest BCUT2D eigenvalue weighted by Crippen LogP contribution is 2.39. The first-order valence-electron chi connectivity index (χ1n) is 9.73. The van der Waals surface area contributed by atoms with Gasteiger partial charge >= 0.3 is 17.9 Å². The molecule has 3 atom stereocenters. The molecule has 1 aliphatic rings. The Bertz CT molecular complexity index is 625. The standard InChI is InChI=1S/C18H28N2O8S2/c21-14(4-2-1-3-11-9-10-29-30-11)19-12(5-7-15(22)23)17(26)20-13(18(27)28)6-8-16(24)25/h11-13H,1-10H2,(H,19,21)(H,20,26)(H,22,23)(H,24,25)(H,27,28)/t11-,12+,13+/m1/s1. The van der Waals surface area contributed by atoms with Gasteiger partial charge in [0.2, 0.25) is 11.8 Å². The van der Waals surface area contributed by atoms with Gasteiger partial charge in [-0.15, -0.1) is 0 Å². The van der Waals surface area contributed by atoms with Crippen molar-refractivity contribution >= 4 is 51.3 Å². The summed E-state index contributed by atoms with van der Waals surface area (Å²) in [5, 5.41) is 32.0. The highest BCUT2D eigenvalue weighted by Gasteiger charge is 2.27. The molecular formula is C18H28N2O8S2. The molecule has 0 aromatic rings. The molecule has 1 rings (SSSR count). The van der Waals surface area contributed by atoms with Crippen molar-refractivity contribution < 1.29 is 39.3 Å². The number of hydrogen-bond acceptors (Lipinski definition) is 7. The van der Waals surface area contributed by atoms with Gasteiger partial charge in [-0.2, -0.15) is 0 Å². The van der Waals surface area contributed by atoms with Crippen LogP contribution >= 0.6 is 21.6 Å². The molecule has 30 heavy (non-hydrogen) atoms. The van der Waals surface area contributed by atoms with Gasteiger partial charge in [-0.1, -0.05) is 28.0 Å². The number of nitrogens with one attached hydrogen (secondary N) is 2. The first-order valence-corrected chi connectivity index (χ1v) is 12.1. The Morgan fingerprint density at radius 1 is 0.867 bits per heavy atom. The third kappa shape index (κ3) is 11.3. The van der Waals surface area contributed by atoms with Crippen LogP contribution < -0.4 is 10.6 Å². The molecule has 0 aromatic heterocycles. The van der Waals surface area contributed by atoms with E-state index in [9.17, 15) is 24.0 Å². The Labute approximate surface area is 182 Å². The molecule has 0 aliphatic carbocycles. The molecular weight excluding hydrogens is 436 g/mol. The van der Waals surface area contributed by atoms with E-state index >= 15 is 0 Å². The van der Waals surface area contributed by atoms with E-state index in [1.807, 2.05) is 21.6 Å². The zero-order valence-electron chi connectivity index (χ0n) is 16.5. The second-order valence-electron chi connectivity index (χ2n) is 6.96. The fourth-order valence-corrected chi connectivity index (χ4v) is 5.85. The van der Waals surface area contributed by atoms with Gasteiger partial charge < -0.3 is 26.0 Å². The lowest BCUT2D eigenvalue weighted by atomic mass is 10.1. The summed E-state index contributed by atoms with van der Waals surface area (Å²) in [4.78, 5) is 57.4. The average Bonchev–Trinajstić information content (AvgIpc) is 3.18. The van der Waals surface area contributed by atoms with Gasteiger partial charge in [0.25, 0.3) is 0 Å². The third-order valence-corrected chi connectivity index (χ3v) is 7.47. The van der Waals surface area contributed by atoms with Gasteiger partial charge in [0, 0.05) is 30.3 Å². The number of rotatable bonds is 15. The molecule has 170 valence electrons. The molecule has 0 unspecified atom stereocenters. The van der Waals surface area contributed by atoms with Crippen molar-refractivity contribution in [1.82, 2.24) is 10.6 Å². The van der Waals surface area contributed by atoms with E-state index < -0.39 is 48.2 Å². The fourth-order valence-electron chi connectivity index (χ4n) is 2.82. The fraction of sp³-hybridized carbons (Fsp3) is 0.722. The number of hydrogen-bond donors (Lipinski definition) is 5. The number of amides is 2. The maximum Gasteiger partial charge on any atom is 0.326 e. The second kappa shape index (κ2) is 14.1. The highest BCUT2D eigenvalue weighted by molar-refractivity contribution is 8.77. The van der Waals surface area contributed by atoms with Crippen LogP contribution in [0, 0.1) is 0 Å². The molecule has 10 nitrogen and oxygen atoms in total. The lowest BCUT2D eigenvalue weighted by Crippen LogP contribution is -2.51. The maximum atomic E-state index is 12.4. The number of carboxylic acid groups (broad SMARTS) is 3. The predicted octanol–water partition coefficient (Wildman–Crippen LogP) is 1.48. The highest BCUT2D eigenvalue weighted by atomic mass is 33.1. The third-order valence-electron chi connectivity index (χ3n) is 4.47. The van der Waals surface area contributed by atoms with Crippen LogP contribution in [0.1, 0.15) is 57.8 Å². The van der Waals surface area contributed by atoms with E-state index in [-0.39, 0.29) is 25.7 Å². The van der Waals surface area contributed by atoms with Crippen molar-refractivity contribution in [3.05, 3.63) is 0 Å². The van der Waals surface area contributed by atoms with E-state index in [1.165, 1.54) is 0 Å². The maximum absolute atomic E-state index is 12.4. The summed E-state index contributed by atoms with van der Waals surface area (Å²) < 4.78 is 0. The molecule has 0 spiro atoms. The second-order valence-corrected chi connectivity index (χ2v) is 9.75. The van der Waals surface area contributed by atoms with Crippen LogP contribution in [0.5, 0.6) is 0 Å². The van der Waals surface area contributed by atoms with Crippen LogP contribution in [0.3, 0.4) is 0 Å². The topological polar surface area (TPSA) is 170 Å². The van der Waals surface area contributed by atoms with Gasteiger partial charge in [-0.05, 0) is 32.1 Å². The van der Waals surface area contributed by atoms with Crippen LogP contribution in [0.15, 0.2) is 0 Å². The molecule has 0 bridgehead atoms. The molecule has 0 radical (unpaired) electrons. The summed E-state index contributed by atoms with van der Waals surface area (Å²) in [7, 11) is 3.71. The van der Waals surface area contributed by atoms with Crippen molar-refractivity contribution in [2.24, 2.45) is 0 Å². The van der Waals surface area contributed by atoms with E-state index in [0.717, 1.165) is 25.0 Å². The predicted molar refractivity (Wildman–Crippen MR) is 112 cm³/mol. The molecule has 1 fully saturated rings. The Balaban J connectivity index is 2.54. The number of unbranched alkanes of at least 4 members (excludes halogenated alkanes) is 1. The van der Waals surface area contributed by atoms with Crippen molar-refractivity contribution in [1.29, 1.82) is 0 Å². The van der Waals surface area contributed by atoms with Crippen LogP contribution in [0.2, 0.25) is 0 Å². The molecule has 1 heterocycles. The Kier molecular flexibility index (Phi) is 12.3. The number of aliphatic carboxylic acids is 3. The van der Waals surface area contributed by atoms with Gasteiger partial charge in [0.05, 0.1) is 0 Å². The summed E-state index contributed by atoms with van der Waals surface area (Å²) in [5.74, 6) is -3.89. The zero-order valence-corrected chi connectivity index (χ0v) is 18.1. The normalized spacial score (nSPS) is 17.7. The van der Waals surface area contributed by atoms with Crippen molar-refractivity contribution in [3.8, 4) is 0 Å². The first-order chi connectivity index (χ1) is 14.2.